The van der Waals surface area contributed by atoms with Crippen LogP contribution in [-0.4, -0.2) is 9.55 Å². The van der Waals surface area contributed by atoms with Gasteiger partial charge in [0.2, 0.25) is 0 Å². The van der Waals surface area contributed by atoms with Gasteiger partial charge in [-0.3, -0.25) is 4.57 Å². The first kappa shape index (κ1) is 13.6. The number of aromatic nitrogens is 2. The van der Waals surface area contributed by atoms with E-state index in [1.165, 1.54) is 6.07 Å². The van der Waals surface area contributed by atoms with Gasteiger partial charge in [0.25, 0.3) is 0 Å². The molecule has 0 radical (unpaired) electrons. The zero-order valence-electron chi connectivity index (χ0n) is 10.7. The average molecular weight is 354 g/mol. The van der Waals surface area contributed by atoms with Crippen molar-refractivity contribution in [3.8, 4) is 5.69 Å². The summed E-state index contributed by atoms with van der Waals surface area (Å²) in [5.74, 6) is 0.530. The van der Waals surface area contributed by atoms with E-state index in [0.717, 1.165) is 16.6 Å². The van der Waals surface area contributed by atoms with Crippen molar-refractivity contribution in [3.05, 3.63) is 58.1 Å². The maximum absolute atomic E-state index is 14.2. The van der Waals surface area contributed by atoms with Crippen LogP contribution in [0.2, 0.25) is 0 Å². The summed E-state index contributed by atoms with van der Waals surface area (Å²) < 4.78 is 16.7. The van der Waals surface area contributed by atoms with Crippen LogP contribution in [0.1, 0.15) is 11.4 Å². The van der Waals surface area contributed by atoms with Crippen molar-refractivity contribution in [1.82, 2.24) is 9.55 Å². The first-order valence-corrected chi connectivity index (χ1v) is 7.43. The first-order valence-electron chi connectivity index (χ1n) is 6.10. The van der Waals surface area contributed by atoms with Crippen LogP contribution in [0.5, 0.6) is 0 Å². The highest BCUT2D eigenvalue weighted by atomic mass is 79.9. The molecule has 2 nitrogen and oxygen atoms in total. The van der Waals surface area contributed by atoms with Crippen molar-refractivity contribution in [2.45, 2.75) is 12.8 Å². The van der Waals surface area contributed by atoms with E-state index in [2.05, 4.69) is 20.9 Å². The van der Waals surface area contributed by atoms with Crippen LogP contribution >= 0.6 is 27.5 Å². The normalized spacial score (nSPS) is 11.2. The molecule has 20 heavy (non-hydrogen) atoms. The molecule has 0 saturated heterocycles. The van der Waals surface area contributed by atoms with Gasteiger partial charge in [0.15, 0.2) is 0 Å². The summed E-state index contributed by atoms with van der Waals surface area (Å²) in [7, 11) is 0. The Balaban J connectivity index is 2.44. The predicted molar refractivity (Wildman–Crippen MR) is 83.0 cm³/mol. The van der Waals surface area contributed by atoms with E-state index < -0.39 is 0 Å². The Morgan fingerprint density at radius 1 is 1.25 bits per heavy atom. The standard InChI is InChI=1S/C15H11BrClFN2/c1-9-4-2-7-12-14(9)19-13(8-17)20(12)15-10(16)5-3-6-11(15)18/h2-7H,8H2,1H3. The third-order valence-electron chi connectivity index (χ3n) is 3.24. The second-order valence-corrected chi connectivity index (χ2v) is 5.63. The molecule has 102 valence electrons. The molecule has 0 amide bonds. The highest BCUT2D eigenvalue weighted by molar-refractivity contribution is 9.10. The van der Waals surface area contributed by atoms with E-state index in [0.29, 0.717) is 16.0 Å². The molecular weight excluding hydrogens is 343 g/mol. The Bertz CT molecular complexity index is 778. The van der Waals surface area contributed by atoms with Crippen LogP contribution in [0.15, 0.2) is 40.9 Å². The summed E-state index contributed by atoms with van der Waals surface area (Å²) in [5, 5.41) is 0. The topological polar surface area (TPSA) is 17.8 Å². The van der Waals surface area contributed by atoms with Gasteiger partial charge in [-0.15, -0.1) is 11.6 Å². The second kappa shape index (κ2) is 5.19. The lowest BCUT2D eigenvalue weighted by atomic mass is 10.2. The number of alkyl halides is 1. The van der Waals surface area contributed by atoms with Gasteiger partial charge in [-0.25, -0.2) is 9.37 Å². The minimum absolute atomic E-state index is 0.217. The maximum atomic E-state index is 14.2. The lowest BCUT2D eigenvalue weighted by Crippen LogP contribution is -2.03. The minimum Gasteiger partial charge on any atom is -0.291 e. The van der Waals surface area contributed by atoms with Gasteiger partial charge in [0, 0.05) is 4.47 Å². The number of benzene rings is 2. The third-order valence-corrected chi connectivity index (χ3v) is 4.12. The van der Waals surface area contributed by atoms with Crippen molar-refractivity contribution in [1.29, 1.82) is 0 Å². The van der Waals surface area contributed by atoms with E-state index in [-0.39, 0.29) is 11.7 Å². The van der Waals surface area contributed by atoms with E-state index in [1.807, 2.05) is 25.1 Å². The van der Waals surface area contributed by atoms with Crippen molar-refractivity contribution in [3.63, 3.8) is 0 Å². The van der Waals surface area contributed by atoms with E-state index in [4.69, 9.17) is 11.6 Å². The summed E-state index contributed by atoms with van der Waals surface area (Å²) >= 11 is 9.39. The lowest BCUT2D eigenvalue weighted by Gasteiger charge is -2.11. The average Bonchev–Trinajstić information content (AvgIpc) is 2.79. The molecule has 2 aromatic carbocycles. The zero-order valence-corrected chi connectivity index (χ0v) is 13.0. The largest absolute Gasteiger partial charge is 0.291 e. The van der Waals surface area contributed by atoms with Gasteiger partial charge in [-0.2, -0.15) is 0 Å². The number of imidazole rings is 1. The summed E-state index contributed by atoms with van der Waals surface area (Å²) in [4.78, 5) is 4.53. The Kier molecular flexibility index (Phi) is 3.52. The van der Waals surface area contributed by atoms with Crippen molar-refractivity contribution in [2.24, 2.45) is 0 Å². The fourth-order valence-electron chi connectivity index (χ4n) is 2.33. The number of aryl methyl sites for hydroxylation is 1. The minimum atomic E-state index is -0.313. The molecule has 3 aromatic rings. The molecule has 3 rings (SSSR count). The number of halogens is 3. The SMILES string of the molecule is Cc1cccc2c1nc(CCl)n2-c1c(F)cccc1Br. The zero-order chi connectivity index (χ0) is 14.3. The summed E-state index contributed by atoms with van der Waals surface area (Å²) in [6, 6.07) is 10.7. The summed E-state index contributed by atoms with van der Waals surface area (Å²) in [6.45, 7) is 1.98. The van der Waals surface area contributed by atoms with Crippen LogP contribution in [0.3, 0.4) is 0 Å². The van der Waals surface area contributed by atoms with Crippen LogP contribution in [0.4, 0.5) is 4.39 Å². The predicted octanol–water partition coefficient (Wildman–Crippen LogP) is 4.97. The van der Waals surface area contributed by atoms with Gasteiger partial charge in [0.05, 0.1) is 22.6 Å². The summed E-state index contributed by atoms with van der Waals surface area (Å²) in [5.41, 5.74) is 3.18. The molecule has 5 heteroatoms. The molecule has 1 heterocycles. The van der Waals surface area contributed by atoms with Crippen LogP contribution < -0.4 is 0 Å². The number of rotatable bonds is 2. The highest BCUT2D eigenvalue weighted by Crippen LogP contribution is 2.30. The molecule has 0 aliphatic carbocycles. The second-order valence-electron chi connectivity index (χ2n) is 4.51. The molecule has 0 unspecified atom stereocenters. The van der Waals surface area contributed by atoms with Crippen molar-refractivity contribution < 1.29 is 4.39 Å². The Hall–Kier alpha value is -1.39. The first-order chi connectivity index (χ1) is 9.63. The number of hydrogen-bond acceptors (Lipinski definition) is 1. The van der Waals surface area contributed by atoms with Crippen LogP contribution in [0, 0.1) is 12.7 Å². The third kappa shape index (κ3) is 2.03. The monoisotopic (exact) mass is 352 g/mol. The molecule has 0 N–H and O–H groups in total. The Morgan fingerprint density at radius 2 is 2.00 bits per heavy atom. The summed E-state index contributed by atoms with van der Waals surface area (Å²) in [6.07, 6.45) is 0. The van der Waals surface area contributed by atoms with Crippen molar-refractivity contribution >= 4 is 38.6 Å². The van der Waals surface area contributed by atoms with Crippen molar-refractivity contribution in [2.75, 3.05) is 0 Å². The van der Waals surface area contributed by atoms with E-state index in [1.54, 1.807) is 16.7 Å². The van der Waals surface area contributed by atoms with Gasteiger partial charge in [0.1, 0.15) is 11.6 Å². The molecule has 0 aliphatic heterocycles. The molecule has 0 aliphatic rings. The Morgan fingerprint density at radius 3 is 2.70 bits per heavy atom. The number of para-hydroxylation sites is 2. The molecule has 0 bridgehead atoms. The lowest BCUT2D eigenvalue weighted by molar-refractivity contribution is 0.616. The molecule has 0 fully saturated rings. The molecule has 0 saturated carbocycles. The molecule has 1 aromatic heterocycles. The quantitative estimate of drug-likeness (QED) is 0.594. The van der Waals surface area contributed by atoms with E-state index in [9.17, 15) is 4.39 Å². The number of hydrogen-bond donors (Lipinski definition) is 0. The highest BCUT2D eigenvalue weighted by Gasteiger charge is 2.17. The maximum Gasteiger partial charge on any atom is 0.148 e. The fourth-order valence-corrected chi connectivity index (χ4v) is 3.03. The van der Waals surface area contributed by atoms with Crippen LogP contribution in [-0.2, 0) is 5.88 Å². The molecular formula is C15H11BrClFN2. The smallest absolute Gasteiger partial charge is 0.148 e. The Labute approximate surface area is 129 Å². The van der Waals surface area contributed by atoms with Gasteiger partial charge >= 0.3 is 0 Å². The van der Waals surface area contributed by atoms with E-state index >= 15 is 0 Å². The molecule has 0 atom stereocenters. The van der Waals surface area contributed by atoms with Gasteiger partial charge < -0.3 is 0 Å². The van der Waals surface area contributed by atoms with Gasteiger partial charge in [-0.1, -0.05) is 18.2 Å². The fraction of sp³-hybridized carbons (Fsp3) is 0.133. The molecule has 0 spiro atoms. The van der Waals surface area contributed by atoms with Crippen LogP contribution in [0.25, 0.3) is 16.7 Å². The number of fused-ring (bicyclic) bond motifs is 1. The number of nitrogens with zero attached hydrogens (tertiary/aromatic N) is 2. The van der Waals surface area contributed by atoms with Gasteiger partial charge in [-0.05, 0) is 46.6 Å².